The van der Waals surface area contributed by atoms with E-state index in [-0.39, 0.29) is 12.0 Å². The molecule has 1 aliphatic rings. The smallest absolute Gasteiger partial charge is 0.323 e. The van der Waals surface area contributed by atoms with E-state index in [0.717, 1.165) is 39.0 Å². The minimum Gasteiger partial charge on any atom is -0.465 e. The van der Waals surface area contributed by atoms with Crippen LogP contribution in [0.3, 0.4) is 0 Å². The predicted molar refractivity (Wildman–Crippen MR) is 78.2 cm³/mol. The molecule has 4 heteroatoms. The first-order valence-corrected chi connectivity index (χ1v) is 7.91. The summed E-state index contributed by atoms with van der Waals surface area (Å²) in [5.41, 5.74) is 0. The lowest BCUT2D eigenvalue weighted by atomic mass is 10.0. The molecule has 1 N–H and O–H groups in total. The van der Waals surface area contributed by atoms with Crippen molar-refractivity contribution < 1.29 is 9.53 Å². The first-order valence-electron chi connectivity index (χ1n) is 7.91. The summed E-state index contributed by atoms with van der Waals surface area (Å²) in [6.45, 7) is 8.46. The monoisotopic (exact) mass is 270 g/mol. The van der Waals surface area contributed by atoms with Crippen LogP contribution in [0.5, 0.6) is 0 Å². The molecule has 1 fully saturated rings. The molecule has 1 atom stereocenters. The largest absolute Gasteiger partial charge is 0.465 e. The van der Waals surface area contributed by atoms with Gasteiger partial charge in [0.05, 0.1) is 6.61 Å². The van der Waals surface area contributed by atoms with Gasteiger partial charge in [0.25, 0.3) is 0 Å². The van der Waals surface area contributed by atoms with Gasteiger partial charge in [-0.15, -0.1) is 0 Å². The van der Waals surface area contributed by atoms with E-state index in [1.807, 2.05) is 6.92 Å². The van der Waals surface area contributed by atoms with Crippen LogP contribution < -0.4 is 5.32 Å². The second kappa shape index (κ2) is 10.2. The summed E-state index contributed by atoms with van der Waals surface area (Å²) in [5.74, 6) is -0.0279. The third kappa shape index (κ3) is 6.39. The quantitative estimate of drug-likeness (QED) is 0.515. The SMILES string of the molecule is CCCCCCCC(C(=O)OCC)N1CCNCC1. The topological polar surface area (TPSA) is 41.6 Å². The molecule has 0 amide bonds. The normalized spacial score (nSPS) is 18.2. The summed E-state index contributed by atoms with van der Waals surface area (Å²) in [5, 5.41) is 3.33. The van der Waals surface area contributed by atoms with Gasteiger partial charge < -0.3 is 10.1 Å². The Morgan fingerprint density at radius 3 is 2.47 bits per heavy atom. The second-order valence-corrected chi connectivity index (χ2v) is 5.26. The first kappa shape index (κ1) is 16.4. The van der Waals surface area contributed by atoms with Crippen molar-refractivity contribution in [2.45, 2.75) is 58.4 Å². The maximum absolute atomic E-state index is 12.1. The first-order chi connectivity index (χ1) is 9.29. The highest BCUT2D eigenvalue weighted by atomic mass is 16.5. The van der Waals surface area contributed by atoms with E-state index < -0.39 is 0 Å². The molecule has 0 aliphatic carbocycles. The predicted octanol–water partition coefficient (Wildman–Crippen LogP) is 2.18. The molecule has 1 heterocycles. The van der Waals surface area contributed by atoms with E-state index in [4.69, 9.17) is 4.74 Å². The molecule has 0 aromatic rings. The van der Waals surface area contributed by atoms with Crippen molar-refractivity contribution in [3.05, 3.63) is 0 Å². The van der Waals surface area contributed by atoms with Gasteiger partial charge in [0.2, 0.25) is 0 Å². The van der Waals surface area contributed by atoms with Gasteiger partial charge >= 0.3 is 5.97 Å². The standard InChI is InChI=1S/C15H30N2O2/c1-3-5-6-7-8-9-14(15(18)19-4-2)17-12-10-16-11-13-17/h14,16H,3-13H2,1-2H3. The Bertz CT molecular complexity index is 240. The van der Waals surface area contributed by atoms with Crippen LogP contribution in [0.1, 0.15) is 52.4 Å². The van der Waals surface area contributed by atoms with Crippen LogP contribution >= 0.6 is 0 Å². The van der Waals surface area contributed by atoms with Crippen molar-refractivity contribution >= 4 is 5.97 Å². The number of hydrogen-bond donors (Lipinski definition) is 1. The van der Waals surface area contributed by atoms with Crippen molar-refractivity contribution in [1.82, 2.24) is 10.2 Å². The van der Waals surface area contributed by atoms with Gasteiger partial charge in [0.15, 0.2) is 0 Å². The maximum atomic E-state index is 12.1. The third-order valence-corrected chi connectivity index (χ3v) is 3.73. The number of hydrogen-bond acceptors (Lipinski definition) is 4. The van der Waals surface area contributed by atoms with Crippen molar-refractivity contribution in [1.29, 1.82) is 0 Å². The summed E-state index contributed by atoms with van der Waals surface area (Å²) in [7, 11) is 0. The zero-order chi connectivity index (χ0) is 13.9. The average Bonchev–Trinajstić information content (AvgIpc) is 2.44. The molecule has 0 bridgehead atoms. The number of carbonyl (C=O) groups excluding carboxylic acids is 1. The van der Waals surface area contributed by atoms with Crippen molar-refractivity contribution in [2.24, 2.45) is 0 Å². The zero-order valence-electron chi connectivity index (χ0n) is 12.6. The van der Waals surface area contributed by atoms with Crippen molar-refractivity contribution in [3.8, 4) is 0 Å². The van der Waals surface area contributed by atoms with E-state index in [9.17, 15) is 4.79 Å². The van der Waals surface area contributed by atoms with E-state index in [1.165, 1.54) is 25.7 Å². The fourth-order valence-electron chi connectivity index (χ4n) is 2.62. The highest BCUT2D eigenvalue weighted by Crippen LogP contribution is 2.14. The Balaban J connectivity index is 2.37. The van der Waals surface area contributed by atoms with Gasteiger partial charge in [-0.2, -0.15) is 0 Å². The summed E-state index contributed by atoms with van der Waals surface area (Å²) in [6.07, 6.45) is 7.16. The van der Waals surface area contributed by atoms with E-state index in [2.05, 4.69) is 17.1 Å². The van der Waals surface area contributed by atoms with Gasteiger partial charge in [0.1, 0.15) is 6.04 Å². The van der Waals surface area contributed by atoms with Crippen LogP contribution in [0.15, 0.2) is 0 Å². The fraction of sp³-hybridized carbons (Fsp3) is 0.933. The molecule has 0 radical (unpaired) electrons. The van der Waals surface area contributed by atoms with Crippen molar-refractivity contribution in [2.75, 3.05) is 32.8 Å². The van der Waals surface area contributed by atoms with E-state index >= 15 is 0 Å². The lowest BCUT2D eigenvalue weighted by Gasteiger charge is -2.33. The highest BCUT2D eigenvalue weighted by Gasteiger charge is 2.27. The number of piperazine rings is 1. The molecule has 1 aliphatic heterocycles. The van der Waals surface area contributed by atoms with Crippen LogP contribution in [-0.2, 0) is 9.53 Å². The Labute approximate surface area is 117 Å². The zero-order valence-corrected chi connectivity index (χ0v) is 12.6. The van der Waals surface area contributed by atoms with E-state index in [0.29, 0.717) is 6.61 Å². The summed E-state index contributed by atoms with van der Waals surface area (Å²) < 4.78 is 5.23. The molecular weight excluding hydrogens is 240 g/mol. The molecular formula is C15H30N2O2. The van der Waals surface area contributed by atoms with Crippen molar-refractivity contribution in [3.63, 3.8) is 0 Å². The molecule has 4 nitrogen and oxygen atoms in total. The summed E-state index contributed by atoms with van der Waals surface area (Å²) in [4.78, 5) is 14.4. The second-order valence-electron chi connectivity index (χ2n) is 5.26. The van der Waals surface area contributed by atoms with Gasteiger partial charge in [0, 0.05) is 26.2 Å². The van der Waals surface area contributed by atoms with Gasteiger partial charge in [-0.3, -0.25) is 9.69 Å². The molecule has 1 rings (SSSR count). The number of nitrogens with zero attached hydrogens (tertiary/aromatic N) is 1. The molecule has 112 valence electrons. The number of carbonyl (C=O) groups is 1. The number of nitrogens with one attached hydrogen (secondary N) is 1. The van der Waals surface area contributed by atoms with Gasteiger partial charge in [-0.1, -0.05) is 39.0 Å². The molecule has 19 heavy (non-hydrogen) atoms. The van der Waals surface area contributed by atoms with Crippen LogP contribution in [0, 0.1) is 0 Å². The molecule has 0 saturated carbocycles. The number of rotatable bonds is 9. The highest BCUT2D eigenvalue weighted by molar-refractivity contribution is 5.75. The number of esters is 1. The molecule has 0 aromatic carbocycles. The fourth-order valence-corrected chi connectivity index (χ4v) is 2.62. The van der Waals surface area contributed by atoms with Gasteiger partial charge in [-0.25, -0.2) is 0 Å². The minimum absolute atomic E-state index is 0.0244. The molecule has 1 saturated heterocycles. The van der Waals surface area contributed by atoms with Crippen LogP contribution in [0.25, 0.3) is 0 Å². The average molecular weight is 270 g/mol. The number of unbranched alkanes of at least 4 members (excludes halogenated alkanes) is 4. The van der Waals surface area contributed by atoms with Crippen LogP contribution in [0.4, 0.5) is 0 Å². The lowest BCUT2D eigenvalue weighted by molar-refractivity contribution is -0.150. The Morgan fingerprint density at radius 1 is 1.16 bits per heavy atom. The summed E-state index contributed by atoms with van der Waals surface area (Å²) >= 11 is 0. The molecule has 0 aromatic heterocycles. The number of ether oxygens (including phenoxy) is 1. The Morgan fingerprint density at radius 2 is 1.84 bits per heavy atom. The molecule has 0 spiro atoms. The lowest BCUT2D eigenvalue weighted by Crippen LogP contribution is -2.51. The molecule has 1 unspecified atom stereocenters. The Hall–Kier alpha value is -0.610. The van der Waals surface area contributed by atoms with Crippen LogP contribution in [0.2, 0.25) is 0 Å². The van der Waals surface area contributed by atoms with E-state index in [1.54, 1.807) is 0 Å². The minimum atomic E-state index is -0.0279. The van der Waals surface area contributed by atoms with Crippen LogP contribution in [-0.4, -0.2) is 49.7 Å². The summed E-state index contributed by atoms with van der Waals surface area (Å²) in [6, 6.07) is -0.0244. The van der Waals surface area contributed by atoms with Gasteiger partial charge in [-0.05, 0) is 13.3 Å². The maximum Gasteiger partial charge on any atom is 0.323 e. The third-order valence-electron chi connectivity index (χ3n) is 3.73. The Kier molecular flexibility index (Phi) is 8.84.